The Morgan fingerprint density at radius 2 is 1.70 bits per heavy atom. The monoisotopic (exact) mass is 281 g/mol. The van der Waals surface area contributed by atoms with Crippen LogP contribution in [-0.4, -0.2) is 27.1 Å². The quantitative estimate of drug-likeness (QED) is 0.768. The lowest BCUT2D eigenvalue weighted by Crippen LogP contribution is -2.58. The minimum Gasteiger partial charge on any atom is -0.313 e. The molecule has 3 heteroatoms. The highest BCUT2D eigenvalue weighted by atomic mass is 16.5. The zero-order chi connectivity index (χ0) is 15.7. The molecule has 0 aromatic heterocycles. The third-order valence-electron chi connectivity index (χ3n) is 4.25. The molecular formula is C17H31NO2. The van der Waals surface area contributed by atoms with Crippen LogP contribution in [0.4, 0.5) is 0 Å². The number of Topliss-reactive ketones (excluding diaryl/α,β-unsaturated/α-hetero) is 1. The smallest absolute Gasteiger partial charge is 0.158 e. The van der Waals surface area contributed by atoms with Gasteiger partial charge in [0.05, 0.1) is 0 Å². The Labute approximate surface area is 124 Å². The lowest BCUT2D eigenvalue weighted by Gasteiger charge is -2.51. The zero-order valence-electron chi connectivity index (χ0n) is 14.0. The molecule has 0 spiro atoms. The predicted octanol–water partition coefficient (Wildman–Crippen LogP) is 4.21. The number of carbonyl (C=O) groups is 1. The van der Waals surface area contributed by atoms with E-state index in [2.05, 4.69) is 48.1 Å². The summed E-state index contributed by atoms with van der Waals surface area (Å²) in [6.07, 6.45) is 3.12. The van der Waals surface area contributed by atoms with Gasteiger partial charge in [0.1, 0.15) is 0 Å². The molecule has 1 aliphatic heterocycles. The third kappa shape index (κ3) is 4.16. The van der Waals surface area contributed by atoms with Crippen molar-refractivity contribution < 1.29 is 10.0 Å². The van der Waals surface area contributed by atoms with Crippen LogP contribution in [0, 0.1) is 11.8 Å². The molecule has 1 rings (SSSR count). The van der Waals surface area contributed by atoms with E-state index in [4.69, 9.17) is 0 Å². The van der Waals surface area contributed by atoms with Gasteiger partial charge in [0.15, 0.2) is 5.78 Å². The van der Waals surface area contributed by atoms with Crippen molar-refractivity contribution in [2.24, 2.45) is 11.8 Å². The van der Waals surface area contributed by atoms with E-state index in [9.17, 15) is 10.0 Å². The van der Waals surface area contributed by atoms with Crippen LogP contribution >= 0.6 is 0 Å². The normalized spacial score (nSPS) is 23.0. The van der Waals surface area contributed by atoms with Crippen molar-refractivity contribution in [3.8, 4) is 0 Å². The summed E-state index contributed by atoms with van der Waals surface area (Å²) in [5, 5.41) is 11.8. The van der Waals surface area contributed by atoms with Gasteiger partial charge >= 0.3 is 0 Å². The molecule has 0 amide bonds. The molecule has 0 unspecified atom stereocenters. The van der Waals surface area contributed by atoms with Gasteiger partial charge in [-0.3, -0.25) is 4.79 Å². The standard InChI is InChI=1S/C17H31NO2/c1-12(2)8-15(19)13(3)9-14-10-16(4,5)18(20)17(6,7)11-14/h12,14,20H,3,8-11H2,1-2,4-7H3. The number of piperidine rings is 1. The summed E-state index contributed by atoms with van der Waals surface area (Å²) in [5.74, 6) is 0.987. The Hall–Kier alpha value is -0.670. The first-order valence-electron chi connectivity index (χ1n) is 7.66. The number of ketones is 1. The van der Waals surface area contributed by atoms with Crippen molar-refractivity contribution >= 4 is 5.78 Å². The van der Waals surface area contributed by atoms with Crippen LogP contribution in [0.1, 0.15) is 67.2 Å². The van der Waals surface area contributed by atoms with E-state index >= 15 is 0 Å². The molecule has 0 bridgehead atoms. The van der Waals surface area contributed by atoms with Gasteiger partial charge < -0.3 is 5.21 Å². The summed E-state index contributed by atoms with van der Waals surface area (Å²) in [4.78, 5) is 12.1. The zero-order valence-corrected chi connectivity index (χ0v) is 14.0. The van der Waals surface area contributed by atoms with Gasteiger partial charge in [0, 0.05) is 17.5 Å². The fourth-order valence-corrected chi connectivity index (χ4v) is 3.60. The van der Waals surface area contributed by atoms with Gasteiger partial charge in [-0.2, -0.15) is 5.06 Å². The van der Waals surface area contributed by atoms with Crippen molar-refractivity contribution in [1.82, 2.24) is 5.06 Å². The number of nitrogens with zero attached hydrogens (tertiary/aromatic N) is 1. The van der Waals surface area contributed by atoms with Gasteiger partial charge in [-0.15, -0.1) is 0 Å². The maximum atomic E-state index is 12.1. The number of carbonyl (C=O) groups excluding carboxylic acids is 1. The minimum atomic E-state index is -0.256. The number of hydroxylamine groups is 2. The van der Waals surface area contributed by atoms with Crippen molar-refractivity contribution in [3.63, 3.8) is 0 Å². The van der Waals surface area contributed by atoms with E-state index in [-0.39, 0.29) is 16.9 Å². The van der Waals surface area contributed by atoms with Crippen molar-refractivity contribution in [1.29, 1.82) is 0 Å². The average molecular weight is 281 g/mol. The van der Waals surface area contributed by atoms with Crippen LogP contribution in [0.2, 0.25) is 0 Å². The highest BCUT2D eigenvalue weighted by Crippen LogP contribution is 2.42. The number of rotatable bonds is 5. The number of allylic oxidation sites excluding steroid dienone is 1. The Morgan fingerprint density at radius 3 is 2.10 bits per heavy atom. The van der Waals surface area contributed by atoms with Crippen LogP contribution in [-0.2, 0) is 4.79 Å². The summed E-state index contributed by atoms with van der Waals surface area (Å²) < 4.78 is 0. The first-order valence-corrected chi connectivity index (χ1v) is 7.66. The van der Waals surface area contributed by atoms with Gasteiger partial charge in [-0.05, 0) is 64.4 Å². The number of hydrogen-bond donors (Lipinski definition) is 1. The first kappa shape index (κ1) is 17.4. The molecule has 0 aromatic carbocycles. The topological polar surface area (TPSA) is 40.5 Å². The third-order valence-corrected chi connectivity index (χ3v) is 4.25. The highest BCUT2D eigenvalue weighted by molar-refractivity contribution is 5.94. The molecule has 1 aliphatic rings. The van der Waals surface area contributed by atoms with Gasteiger partial charge in [0.25, 0.3) is 0 Å². The van der Waals surface area contributed by atoms with Crippen LogP contribution < -0.4 is 0 Å². The Morgan fingerprint density at radius 1 is 1.25 bits per heavy atom. The molecule has 0 aliphatic carbocycles. The summed E-state index contributed by atoms with van der Waals surface area (Å²) in [7, 11) is 0. The highest BCUT2D eigenvalue weighted by Gasteiger charge is 2.44. The average Bonchev–Trinajstić information content (AvgIpc) is 2.23. The Balaban J connectivity index is 2.70. The molecule has 0 aromatic rings. The van der Waals surface area contributed by atoms with Crippen molar-refractivity contribution in [2.45, 2.75) is 78.3 Å². The van der Waals surface area contributed by atoms with Crippen LogP contribution in [0.15, 0.2) is 12.2 Å². The SMILES string of the molecule is C=C(CC1CC(C)(C)N(O)C(C)(C)C1)C(=O)CC(C)C. The molecule has 116 valence electrons. The van der Waals surface area contributed by atoms with Crippen LogP contribution in [0.25, 0.3) is 0 Å². The van der Waals surface area contributed by atoms with E-state index in [1.807, 2.05) is 0 Å². The summed E-state index contributed by atoms with van der Waals surface area (Å²) in [5.41, 5.74) is 0.239. The van der Waals surface area contributed by atoms with Gasteiger partial charge in [0.2, 0.25) is 0 Å². The Kier molecular flexibility index (Phi) is 5.20. The van der Waals surface area contributed by atoms with Crippen molar-refractivity contribution in [2.75, 3.05) is 0 Å². The summed E-state index contributed by atoms with van der Waals surface area (Å²) in [6, 6.07) is 0. The van der Waals surface area contributed by atoms with E-state index in [0.29, 0.717) is 18.3 Å². The maximum absolute atomic E-state index is 12.1. The van der Waals surface area contributed by atoms with Crippen LogP contribution in [0.3, 0.4) is 0 Å². The molecule has 1 heterocycles. The molecular weight excluding hydrogens is 250 g/mol. The van der Waals surface area contributed by atoms with E-state index in [1.54, 1.807) is 0 Å². The van der Waals surface area contributed by atoms with Crippen molar-refractivity contribution in [3.05, 3.63) is 12.2 Å². The summed E-state index contributed by atoms with van der Waals surface area (Å²) in [6.45, 7) is 16.3. The molecule has 0 radical (unpaired) electrons. The summed E-state index contributed by atoms with van der Waals surface area (Å²) >= 11 is 0. The van der Waals surface area contributed by atoms with Gasteiger partial charge in [-0.1, -0.05) is 20.4 Å². The van der Waals surface area contributed by atoms with Crippen LogP contribution in [0.5, 0.6) is 0 Å². The van der Waals surface area contributed by atoms with E-state index in [1.165, 1.54) is 5.06 Å². The molecule has 1 N–H and O–H groups in total. The lowest BCUT2D eigenvalue weighted by molar-refractivity contribution is -0.250. The molecule has 1 fully saturated rings. The van der Waals surface area contributed by atoms with E-state index in [0.717, 1.165) is 24.8 Å². The second-order valence-corrected chi connectivity index (χ2v) is 8.04. The molecule has 20 heavy (non-hydrogen) atoms. The Bertz CT molecular complexity index is 364. The number of hydrogen-bond acceptors (Lipinski definition) is 3. The van der Waals surface area contributed by atoms with E-state index < -0.39 is 0 Å². The lowest BCUT2D eigenvalue weighted by atomic mass is 9.73. The maximum Gasteiger partial charge on any atom is 0.158 e. The van der Waals surface area contributed by atoms with Gasteiger partial charge in [-0.25, -0.2) is 0 Å². The first-order chi connectivity index (χ1) is 8.95. The molecule has 0 atom stereocenters. The minimum absolute atomic E-state index is 0.196. The second kappa shape index (κ2) is 5.98. The second-order valence-electron chi connectivity index (χ2n) is 8.04. The molecule has 0 saturated carbocycles. The fraction of sp³-hybridized carbons (Fsp3) is 0.824. The fourth-order valence-electron chi connectivity index (χ4n) is 3.60. The molecule has 1 saturated heterocycles. The molecule has 3 nitrogen and oxygen atoms in total. The largest absolute Gasteiger partial charge is 0.313 e. The predicted molar refractivity (Wildman–Crippen MR) is 82.7 cm³/mol.